The van der Waals surface area contributed by atoms with Gasteiger partial charge in [-0.05, 0) is 49.6 Å². The summed E-state index contributed by atoms with van der Waals surface area (Å²) >= 11 is 6.11. The first kappa shape index (κ1) is 17.1. The number of esters is 1. The number of hydrogen-bond acceptors (Lipinski definition) is 3. The molecule has 3 rings (SSSR count). The Bertz CT molecular complexity index is 669. The maximum absolute atomic E-state index is 11.2. The van der Waals surface area contributed by atoms with E-state index in [9.17, 15) is 4.79 Å². The molecule has 2 heterocycles. The van der Waals surface area contributed by atoms with Gasteiger partial charge in [-0.25, -0.2) is 0 Å². The Labute approximate surface area is 141 Å². The summed E-state index contributed by atoms with van der Waals surface area (Å²) < 4.78 is 4.69. The Kier molecular flexibility index (Phi) is 5.73. The maximum atomic E-state index is 11.2. The van der Waals surface area contributed by atoms with Gasteiger partial charge in [0.2, 0.25) is 0 Å². The molecule has 0 radical (unpaired) electrons. The Morgan fingerprint density at radius 3 is 3.05 bits per heavy atom. The van der Waals surface area contributed by atoms with Gasteiger partial charge in [0.25, 0.3) is 0 Å². The standard InChI is InChI=1S/C16H19ClN2O2.ClH/c1-21-15(20)4-2-3-14-16-11(7-8-18-14)12-9-10(17)5-6-13(12)19-16;/h5-6,9,14,18-19H,2-4,7-8H2,1H3;1H. The molecule has 4 nitrogen and oxygen atoms in total. The summed E-state index contributed by atoms with van der Waals surface area (Å²) in [7, 11) is 1.43. The van der Waals surface area contributed by atoms with Crippen LogP contribution in [0.15, 0.2) is 18.2 Å². The lowest BCUT2D eigenvalue weighted by atomic mass is 9.96. The summed E-state index contributed by atoms with van der Waals surface area (Å²) in [4.78, 5) is 14.7. The highest BCUT2D eigenvalue weighted by molar-refractivity contribution is 6.31. The Morgan fingerprint density at radius 2 is 2.27 bits per heavy atom. The number of methoxy groups -OCH3 is 1. The van der Waals surface area contributed by atoms with Crippen LogP contribution >= 0.6 is 24.0 Å². The highest BCUT2D eigenvalue weighted by Crippen LogP contribution is 2.33. The van der Waals surface area contributed by atoms with Crippen molar-refractivity contribution in [2.45, 2.75) is 31.7 Å². The minimum atomic E-state index is -0.144. The van der Waals surface area contributed by atoms with E-state index in [4.69, 9.17) is 11.6 Å². The van der Waals surface area contributed by atoms with E-state index in [2.05, 4.69) is 15.0 Å². The van der Waals surface area contributed by atoms with E-state index >= 15 is 0 Å². The summed E-state index contributed by atoms with van der Waals surface area (Å²) in [6.07, 6.45) is 3.21. The van der Waals surface area contributed by atoms with Crippen molar-refractivity contribution in [3.8, 4) is 0 Å². The zero-order valence-electron chi connectivity index (χ0n) is 12.4. The first-order valence-corrected chi connectivity index (χ1v) is 7.67. The Morgan fingerprint density at radius 1 is 1.45 bits per heavy atom. The number of aromatic amines is 1. The molecule has 0 amide bonds. The minimum absolute atomic E-state index is 0. The average Bonchev–Trinajstić information content (AvgIpc) is 2.86. The van der Waals surface area contributed by atoms with E-state index in [1.165, 1.54) is 23.8 Å². The molecule has 1 atom stereocenters. The van der Waals surface area contributed by atoms with Crippen LogP contribution in [0.1, 0.15) is 36.6 Å². The average molecular weight is 343 g/mol. The molecule has 1 aromatic carbocycles. The molecule has 0 saturated carbocycles. The SMILES string of the molecule is COC(=O)CCCC1NCCc2c1[nH]c1ccc(Cl)cc21.Cl. The first-order valence-electron chi connectivity index (χ1n) is 7.29. The molecule has 6 heteroatoms. The van der Waals surface area contributed by atoms with Crippen LogP contribution in [0.5, 0.6) is 0 Å². The van der Waals surface area contributed by atoms with E-state index in [-0.39, 0.29) is 24.4 Å². The summed E-state index contributed by atoms with van der Waals surface area (Å²) in [5.74, 6) is -0.144. The van der Waals surface area contributed by atoms with Gasteiger partial charge in [0, 0.05) is 34.1 Å². The predicted octanol–water partition coefficient (Wildman–Crippen LogP) is 3.77. The van der Waals surface area contributed by atoms with E-state index in [0.29, 0.717) is 6.42 Å². The fourth-order valence-corrected chi connectivity index (χ4v) is 3.25. The van der Waals surface area contributed by atoms with E-state index in [1.807, 2.05) is 18.2 Å². The predicted molar refractivity (Wildman–Crippen MR) is 90.9 cm³/mol. The lowest BCUT2D eigenvalue weighted by molar-refractivity contribution is -0.140. The number of carbonyl (C=O) groups is 1. The Hall–Kier alpha value is -1.23. The van der Waals surface area contributed by atoms with Crippen molar-refractivity contribution in [3.63, 3.8) is 0 Å². The van der Waals surface area contributed by atoms with E-state index in [0.717, 1.165) is 36.3 Å². The largest absolute Gasteiger partial charge is 0.469 e. The van der Waals surface area contributed by atoms with Crippen LogP contribution in [0.3, 0.4) is 0 Å². The third-order valence-corrected chi connectivity index (χ3v) is 4.35. The van der Waals surface area contributed by atoms with Crippen molar-refractivity contribution in [2.24, 2.45) is 0 Å². The van der Waals surface area contributed by atoms with Crippen molar-refractivity contribution >= 4 is 40.9 Å². The number of rotatable bonds is 4. The van der Waals surface area contributed by atoms with E-state index in [1.54, 1.807) is 0 Å². The van der Waals surface area contributed by atoms with Gasteiger partial charge in [0.1, 0.15) is 0 Å². The molecule has 0 saturated heterocycles. The zero-order valence-corrected chi connectivity index (χ0v) is 14.0. The molecule has 0 aliphatic carbocycles. The molecular weight excluding hydrogens is 323 g/mol. The van der Waals surface area contributed by atoms with Gasteiger partial charge in [-0.3, -0.25) is 4.79 Å². The molecule has 1 aromatic heterocycles. The number of benzene rings is 1. The number of fused-ring (bicyclic) bond motifs is 3. The second-order valence-electron chi connectivity index (χ2n) is 5.43. The highest BCUT2D eigenvalue weighted by Gasteiger charge is 2.23. The summed E-state index contributed by atoms with van der Waals surface area (Å²) in [6, 6.07) is 6.24. The molecule has 1 unspecified atom stereocenters. The lowest BCUT2D eigenvalue weighted by Crippen LogP contribution is -2.29. The van der Waals surface area contributed by atoms with Gasteiger partial charge in [0.15, 0.2) is 0 Å². The van der Waals surface area contributed by atoms with Crippen molar-refractivity contribution in [1.29, 1.82) is 0 Å². The summed E-state index contributed by atoms with van der Waals surface area (Å²) in [6.45, 7) is 0.954. The maximum Gasteiger partial charge on any atom is 0.305 e. The topological polar surface area (TPSA) is 54.1 Å². The molecule has 120 valence electrons. The first-order chi connectivity index (χ1) is 10.2. The van der Waals surface area contributed by atoms with Crippen LogP contribution in [0, 0.1) is 0 Å². The smallest absolute Gasteiger partial charge is 0.305 e. The molecule has 22 heavy (non-hydrogen) atoms. The number of nitrogens with one attached hydrogen (secondary N) is 2. The lowest BCUT2D eigenvalue weighted by Gasteiger charge is -2.24. The number of H-pyrrole nitrogens is 1. The van der Waals surface area contributed by atoms with E-state index < -0.39 is 0 Å². The second-order valence-corrected chi connectivity index (χ2v) is 5.87. The van der Waals surface area contributed by atoms with Crippen molar-refractivity contribution in [3.05, 3.63) is 34.5 Å². The minimum Gasteiger partial charge on any atom is -0.469 e. The summed E-state index contributed by atoms with van der Waals surface area (Å²) in [5, 5.41) is 5.51. The molecule has 0 bridgehead atoms. The fraction of sp³-hybridized carbons (Fsp3) is 0.438. The number of halogens is 2. The number of carbonyl (C=O) groups excluding carboxylic acids is 1. The number of aromatic nitrogens is 1. The zero-order chi connectivity index (χ0) is 14.8. The van der Waals surface area contributed by atoms with Crippen molar-refractivity contribution in [2.75, 3.05) is 13.7 Å². The number of ether oxygens (including phenoxy) is 1. The monoisotopic (exact) mass is 342 g/mol. The Balaban J connectivity index is 0.00000176. The molecular formula is C16H20Cl2N2O2. The van der Waals surface area contributed by atoms with Gasteiger partial charge in [-0.2, -0.15) is 0 Å². The van der Waals surface area contributed by atoms with Crippen molar-refractivity contribution in [1.82, 2.24) is 10.3 Å². The number of hydrogen-bond donors (Lipinski definition) is 2. The third-order valence-electron chi connectivity index (χ3n) is 4.12. The molecule has 0 spiro atoms. The van der Waals surface area contributed by atoms with Crippen LogP contribution in [0.4, 0.5) is 0 Å². The van der Waals surface area contributed by atoms with Gasteiger partial charge in [-0.1, -0.05) is 11.6 Å². The van der Waals surface area contributed by atoms with Crippen LogP contribution < -0.4 is 5.32 Å². The molecule has 1 aliphatic heterocycles. The van der Waals surface area contributed by atoms with Gasteiger partial charge >= 0.3 is 5.97 Å². The second kappa shape index (κ2) is 7.36. The van der Waals surface area contributed by atoms with Gasteiger partial charge in [-0.15, -0.1) is 12.4 Å². The van der Waals surface area contributed by atoms with Crippen LogP contribution in [-0.2, 0) is 16.0 Å². The fourth-order valence-electron chi connectivity index (χ4n) is 3.08. The van der Waals surface area contributed by atoms with Crippen LogP contribution in [0.2, 0.25) is 5.02 Å². The van der Waals surface area contributed by atoms with Gasteiger partial charge < -0.3 is 15.0 Å². The highest BCUT2D eigenvalue weighted by atomic mass is 35.5. The molecule has 2 N–H and O–H groups in total. The quantitative estimate of drug-likeness (QED) is 0.831. The third kappa shape index (κ3) is 3.40. The van der Waals surface area contributed by atoms with Crippen molar-refractivity contribution < 1.29 is 9.53 Å². The normalized spacial score (nSPS) is 16.9. The molecule has 0 fully saturated rings. The molecule has 2 aromatic rings. The van der Waals surface area contributed by atoms with Crippen LogP contribution in [-0.4, -0.2) is 24.6 Å². The molecule has 1 aliphatic rings. The summed E-state index contributed by atoms with van der Waals surface area (Å²) in [5.41, 5.74) is 3.73. The van der Waals surface area contributed by atoms with Crippen LogP contribution in [0.25, 0.3) is 10.9 Å². The van der Waals surface area contributed by atoms with Gasteiger partial charge in [0.05, 0.1) is 7.11 Å².